The second-order valence-electron chi connectivity index (χ2n) is 5.73. The van der Waals surface area contributed by atoms with Crippen molar-refractivity contribution in [2.75, 3.05) is 23.8 Å². The molecule has 0 fully saturated rings. The first-order chi connectivity index (χ1) is 8.35. The lowest BCUT2D eigenvalue weighted by Gasteiger charge is -2.18. The van der Waals surface area contributed by atoms with Gasteiger partial charge in [-0.3, -0.25) is 4.79 Å². The summed E-state index contributed by atoms with van der Waals surface area (Å²) in [7, 11) is 2.08. The summed E-state index contributed by atoms with van der Waals surface area (Å²) >= 11 is 0. The summed E-state index contributed by atoms with van der Waals surface area (Å²) < 4.78 is 0. The van der Waals surface area contributed by atoms with Crippen molar-refractivity contribution in [3.8, 4) is 0 Å². The zero-order valence-corrected chi connectivity index (χ0v) is 11.3. The first kappa shape index (κ1) is 12.9. The molecule has 1 aliphatic rings. The minimum absolute atomic E-state index is 0.0335. The Balaban J connectivity index is 2.05. The molecule has 0 bridgehead atoms. The minimum Gasteiger partial charge on any atom is -0.374 e. The van der Waals surface area contributed by atoms with Crippen molar-refractivity contribution < 1.29 is 4.79 Å². The van der Waals surface area contributed by atoms with Gasteiger partial charge in [-0.2, -0.15) is 0 Å². The van der Waals surface area contributed by atoms with Gasteiger partial charge in [0.1, 0.15) is 0 Å². The molecule has 0 aromatic heterocycles. The molecule has 0 saturated carbocycles. The number of hydrogen-bond acceptors (Lipinski definition) is 3. The number of anilines is 2. The van der Waals surface area contributed by atoms with Crippen LogP contribution in [0.1, 0.15) is 25.8 Å². The number of amides is 1. The van der Waals surface area contributed by atoms with E-state index in [2.05, 4.69) is 29.4 Å². The van der Waals surface area contributed by atoms with E-state index < -0.39 is 5.54 Å². The van der Waals surface area contributed by atoms with Crippen LogP contribution in [-0.2, 0) is 11.2 Å². The number of carbonyl (C=O) groups is 1. The summed E-state index contributed by atoms with van der Waals surface area (Å²) in [5.41, 5.74) is 8.77. The monoisotopic (exact) mass is 247 g/mol. The minimum atomic E-state index is -0.471. The molecule has 1 aromatic rings. The van der Waals surface area contributed by atoms with Gasteiger partial charge in [-0.15, -0.1) is 0 Å². The number of rotatable bonds is 3. The molecule has 0 atom stereocenters. The van der Waals surface area contributed by atoms with Crippen LogP contribution < -0.4 is 16.0 Å². The molecule has 1 aromatic carbocycles. The van der Waals surface area contributed by atoms with E-state index in [4.69, 9.17) is 5.73 Å². The highest BCUT2D eigenvalue weighted by Gasteiger charge is 2.18. The average molecular weight is 247 g/mol. The van der Waals surface area contributed by atoms with Crippen LogP contribution in [0, 0.1) is 0 Å². The van der Waals surface area contributed by atoms with E-state index >= 15 is 0 Å². The largest absolute Gasteiger partial charge is 0.374 e. The van der Waals surface area contributed by atoms with Crippen LogP contribution >= 0.6 is 0 Å². The third kappa shape index (κ3) is 3.01. The van der Waals surface area contributed by atoms with E-state index in [1.54, 1.807) is 0 Å². The molecule has 0 unspecified atom stereocenters. The lowest BCUT2D eigenvalue weighted by atomic mass is 10.0. The lowest BCUT2D eigenvalue weighted by Crippen LogP contribution is -2.36. The lowest BCUT2D eigenvalue weighted by molar-refractivity contribution is -0.117. The standard InChI is InChI=1S/C14H21N3O/c1-14(2,15)9-13(18)16-11-4-5-12-10(8-11)6-7-17(12)3/h4-5,8H,6-7,9,15H2,1-3H3,(H,16,18). The zero-order chi connectivity index (χ0) is 13.3. The molecule has 0 spiro atoms. The van der Waals surface area contributed by atoms with Crippen molar-refractivity contribution >= 4 is 17.3 Å². The van der Waals surface area contributed by atoms with Gasteiger partial charge in [0.25, 0.3) is 0 Å². The van der Waals surface area contributed by atoms with Gasteiger partial charge in [0, 0.05) is 36.9 Å². The number of likely N-dealkylation sites (N-methyl/N-ethyl adjacent to an activating group) is 1. The Morgan fingerprint density at radius 3 is 2.89 bits per heavy atom. The number of nitrogens with two attached hydrogens (primary N) is 1. The maximum atomic E-state index is 11.8. The third-order valence-corrected chi connectivity index (χ3v) is 3.11. The number of nitrogens with one attached hydrogen (secondary N) is 1. The quantitative estimate of drug-likeness (QED) is 0.855. The van der Waals surface area contributed by atoms with E-state index in [0.29, 0.717) is 6.42 Å². The fourth-order valence-corrected chi connectivity index (χ4v) is 2.26. The molecule has 1 heterocycles. The second kappa shape index (κ2) is 4.61. The SMILES string of the molecule is CN1CCc2cc(NC(=O)CC(C)(C)N)ccc21. The molecule has 1 aliphatic heterocycles. The fraction of sp³-hybridized carbons (Fsp3) is 0.500. The van der Waals surface area contributed by atoms with Gasteiger partial charge in [-0.1, -0.05) is 0 Å². The highest BCUT2D eigenvalue weighted by molar-refractivity contribution is 5.91. The number of carbonyl (C=O) groups excluding carboxylic acids is 1. The number of nitrogens with zero attached hydrogens (tertiary/aromatic N) is 1. The molecule has 0 aliphatic carbocycles. The van der Waals surface area contributed by atoms with Crippen LogP contribution in [-0.4, -0.2) is 25.0 Å². The van der Waals surface area contributed by atoms with E-state index in [0.717, 1.165) is 18.7 Å². The Hall–Kier alpha value is -1.55. The van der Waals surface area contributed by atoms with Crippen LogP contribution in [0.2, 0.25) is 0 Å². The number of benzene rings is 1. The van der Waals surface area contributed by atoms with E-state index in [1.807, 2.05) is 19.9 Å². The third-order valence-electron chi connectivity index (χ3n) is 3.11. The van der Waals surface area contributed by atoms with E-state index in [1.165, 1.54) is 11.3 Å². The molecule has 2 rings (SSSR count). The smallest absolute Gasteiger partial charge is 0.226 e. The number of fused-ring (bicyclic) bond motifs is 1. The van der Waals surface area contributed by atoms with Crippen LogP contribution in [0.3, 0.4) is 0 Å². The van der Waals surface area contributed by atoms with Crippen molar-refractivity contribution in [1.82, 2.24) is 0 Å². The van der Waals surface area contributed by atoms with Crippen molar-refractivity contribution in [3.05, 3.63) is 23.8 Å². The molecule has 1 amide bonds. The maximum absolute atomic E-state index is 11.8. The first-order valence-corrected chi connectivity index (χ1v) is 6.28. The van der Waals surface area contributed by atoms with Crippen molar-refractivity contribution in [2.24, 2.45) is 5.73 Å². The van der Waals surface area contributed by atoms with Gasteiger partial charge in [0.2, 0.25) is 5.91 Å². The van der Waals surface area contributed by atoms with Gasteiger partial charge in [0.15, 0.2) is 0 Å². The molecule has 18 heavy (non-hydrogen) atoms. The van der Waals surface area contributed by atoms with Gasteiger partial charge < -0.3 is 16.0 Å². The Morgan fingerprint density at radius 2 is 2.22 bits per heavy atom. The highest BCUT2D eigenvalue weighted by atomic mass is 16.1. The summed E-state index contributed by atoms with van der Waals surface area (Å²) in [6, 6.07) is 6.06. The Bertz CT molecular complexity index is 463. The second-order valence-corrected chi connectivity index (χ2v) is 5.73. The summed E-state index contributed by atoms with van der Waals surface area (Å²) in [6.07, 6.45) is 1.36. The predicted octanol–water partition coefficient (Wildman–Crippen LogP) is 1.74. The molecule has 4 nitrogen and oxygen atoms in total. The molecule has 0 saturated heterocycles. The van der Waals surface area contributed by atoms with Crippen molar-refractivity contribution in [1.29, 1.82) is 0 Å². The average Bonchev–Trinajstić information content (AvgIpc) is 2.57. The van der Waals surface area contributed by atoms with Gasteiger partial charge in [-0.25, -0.2) is 0 Å². The van der Waals surface area contributed by atoms with E-state index in [9.17, 15) is 4.79 Å². The summed E-state index contributed by atoms with van der Waals surface area (Å²) in [5.74, 6) is -0.0335. The van der Waals surface area contributed by atoms with Gasteiger partial charge in [0.05, 0.1) is 0 Å². The van der Waals surface area contributed by atoms with Crippen molar-refractivity contribution in [3.63, 3.8) is 0 Å². The van der Waals surface area contributed by atoms with Crippen LogP contribution in [0.5, 0.6) is 0 Å². The molecular weight excluding hydrogens is 226 g/mol. The van der Waals surface area contributed by atoms with Crippen LogP contribution in [0.4, 0.5) is 11.4 Å². The molecule has 0 radical (unpaired) electrons. The number of hydrogen-bond donors (Lipinski definition) is 2. The van der Waals surface area contributed by atoms with Gasteiger partial charge >= 0.3 is 0 Å². The van der Waals surface area contributed by atoms with Gasteiger partial charge in [-0.05, 0) is 44.0 Å². The highest BCUT2D eigenvalue weighted by Crippen LogP contribution is 2.29. The Labute approximate surface area is 108 Å². The Kier molecular flexibility index (Phi) is 3.30. The maximum Gasteiger partial charge on any atom is 0.226 e. The normalized spacial score (nSPS) is 14.6. The molecule has 98 valence electrons. The summed E-state index contributed by atoms with van der Waals surface area (Å²) in [4.78, 5) is 14.0. The zero-order valence-electron chi connectivity index (χ0n) is 11.3. The summed E-state index contributed by atoms with van der Waals surface area (Å²) in [5, 5.41) is 2.91. The molecular formula is C14H21N3O. The summed E-state index contributed by atoms with van der Waals surface area (Å²) in [6.45, 7) is 4.75. The fourth-order valence-electron chi connectivity index (χ4n) is 2.26. The van der Waals surface area contributed by atoms with Crippen molar-refractivity contribution in [2.45, 2.75) is 32.2 Å². The van der Waals surface area contributed by atoms with Crippen LogP contribution in [0.25, 0.3) is 0 Å². The first-order valence-electron chi connectivity index (χ1n) is 6.28. The topological polar surface area (TPSA) is 58.4 Å². The Morgan fingerprint density at radius 1 is 1.50 bits per heavy atom. The molecule has 4 heteroatoms. The molecule has 3 N–H and O–H groups in total. The van der Waals surface area contributed by atoms with Crippen LogP contribution in [0.15, 0.2) is 18.2 Å². The predicted molar refractivity (Wildman–Crippen MR) is 74.9 cm³/mol. The van der Waals surface area contributed by atoms with E-state index in [-0.39, 0.29) is 5.91 Å².